The molecule has 0 radical (unpaired) electrons. The topological polar surface area (TPSA) is 44.4 Å². The van der Waals surface area contributed by atoms with Crippen LogP contribution in [0.15, 0.2) is 0 Å². The molecule has 0 spiro atoms. The molecule has 0 aromatic heterocycles. The summed E-state index contributed by atoms with van der Waals surface area (Å²) in [4.78, 5) is 13.9. The molecule has 100 valence electrons. The van der Waals surface area contributed by atoms with Gasteiger partial charge in [0.2, 0.25) is 5.91 Å². The predicted molar refractivity (Wildman–Crippen MR) is 71.0 cm³/mol. The minimum Gasteiger partial charge on any atom is -0.355 e. The molecule has 1 aliphatic rings. The Morgan fingerprint density at radius 1 is 1.35 bits per heavy atom. The maximum atomic E-state index is 11.7. The van der Waals surface area contributed by atoms with Crippen LogP contribution in [0.4, 0.5) is 0 Å². The second-order valence-electron chi connectivity index (χ2n) is 5.27. The molecule has 2 N–H and O–H groups in total. The van der Waals surface area contributed by atoms with E-state index < -0.39 is 0 Å². The zero-order chi connectivity index (χ0) is 12.5. The summed E-state index contributed by atoms with van der Waals surface area (Å²) in [6, 6.07) is 0. The summed E-state index contributed by atoms with van der Waals surface area (Å²) in [5.41, 5.74) is 0. The molecule has 0 aromatic rings. The molecule has 1 heterocycles. The largest absolute Gasteiger partial charge is 0.355 e. The highest BCUT2D eigenvalue weighted by atomic mass is 16.2. The Labute approximate surface area is 105 Å². The Morgan fingerprint density at radius 2 is 2.18 bits per heavy atom. The fourth-order valence-corrected chi connectivity index (χ4v) is 2.06. The van der Waals surface area contributed by atoms with E-state index in [1.54, 1.807) is 0 Å². The lowest BCUT2D eigenvalue weighted by molar-refractivity contribution is -0.122. The molecule has 0 unspecified atom stereocenters. The molecule has 1 fully saturated rings. The van der Waals surface area contributed by atoms with Crippen molar-refractivity contribution in [3.8, 4) is 0 Å². The smallest absolute Gasteiger partial charge is 0.234 e. The molecule has 17 heavy (non-hydrogen) atoms. The minimum atomic E-state index is 0.177. The molecule has 0 bridgehead atoms. The van der Waals surface area contributed by atoms with Gasteiger partial charge in [0.25, 0.3) is 0 Å². The number of nitrogens with one attached hydrogen (secondary N) is 2. The zero-order valence-electron chi connectivity index (χ0n) is 11.3. The van der Waals surface area contributed by atoms with Gasteiger partial charge in [-0.3, -0.25) is 9.69 Å². The summed E-state index contributed by atoms with van der Waals surface area (Å²) in [5, 5.41) is 6.35. The van der Waals surface area contributed by atoms with Gasteiger partial charge in [0, 0.05) is 19.6 Å². The van der Waals surface area contributed by atoms with E-state index in [2.05, 4.69) is 29.4 Å². The Morgan fingerprint density at radius 3 is 2.94 bits per heavy atom. The van der Waals surface area contributed by atoms with Gasteiger partial charge in [0.15, 0.2) is 0 Å². The minimum absolute atomic E-state index is 0.177. The van der Waals surface area contributed by atoms with Crippen LogP contribution in [0, 0.1) is 5.92 Å². The van der Waals surface area contributed by atoms with Crippen LogP contribution in [0.5, 0.6) is 0 Å². The molecule has 1 saturated heterocycles. The molecule has 0 aromatic carbocycles. The third-order valence-corrected chi connectivity index (χ3v) is 3.08. The van der Waals surface area contributed by atoms with Gasteiger partial charge >= 0.3 is 0 Å². The maximum absolute atomic E-state index is 11.7. The quantitative estimate of drug-likeness (QED) is 0.677. The summed E-state index contributed by atoms with van der Waals surface area (Å²) in [7, 11) is 0. The van der Waals surface area contributed by atoms with Gasteiger partial charge in [0.05, 0.1) is 6.54 Å². The second-order valence-corrected chi connectivity index (χ2v) is 5.27. The number of nitrogens with zero attached hydrogens (tertiary/aromatic N) is 1. The average molecular weight is 241 g/mol. The van der Waals surface area contributed by atoms with E-state index in [0.717, 1.165) is 51.5 Å². The van der Waals surface area contributed by atoms with Crippen LogP contribution in [0.2, 0.25) is 0 Å². The van der Waals surface area contributed by atoms with Crippen LogP contribution in [0.25, 0.3) is 0 Å². The third-order valence-electron chi connectivity index (χ3n) is 3.08. The highest BCUT2D eigenvalue weighted by Gasteiger charge is 2.11. The Hall–Kier alpha value is -0.610. The van der Waals surface area contributed by atoms with Crippen LogP contribution in [-0.2, 0) is 4.79 Å². The Bertz CT molecular complexity index is 211. The first-order valence-corrected chi connectivity index (χ1v) is 6.88. The van der Waals surface area contributed by atoms with Crippen molar-refractivity contribution in [2.45, 2.75) is 33.1 Å². The molecule has 1 rings (SSSR count). The van der Waals surface area contributed by atoms with Gasteiger partial charge in [-0.2, -0.15) is 0 Å². The third kappa shape index (κ3) is 7.34. The highest BCUT2D eigenvalue weighted by molar-refractivity contribution is 5.77. The lowest BCUT2D eigenvalue weighted by Gasteiger charge is -2.18. The van der Waals surface area contributed by atoms with E-state index in [1.807, 2.05) is 0 Å². The number of carbonyl (C=O) groups is 1. The van der Waals surface area contributed by atoms with Gasteiger partial charge in [-0.25, -0.2) is 0 Å². The standard InChI is InChI=1S/C13H27N3O/c1-12(2)5-3-7-15-13(17)11-16-9-4-6-14-8-10-16/h12,14H,3-11H2,1-2H3,(H,15,17). The summed E-state index contributed by atoms with van der Waals surface area (Å²) in [6.07, 6.45) is 3.42. The van der Waals surface area contributed by atoms with Crippen molar-refractivity contribution in [2.75, 3.05) is 39.3 Å². The van der Waals surface area contributed by atoms with Gasteiger partial charge in [-0.15, -0.1) is 0 Å². The number of amides is 1. The predicted octanol–water partition coefficient (Wildman–Crippen LogP) is 0.834. The fourth-order valence-electron chi connectivity index (χ4n) is 2.06. The van der Waals surface area contributed by atoms with Crippen molar-refractivity contribution in [3.63, 3.8) is 0 Å². The van der Waals surface area contributed by atoms with Crippen molar-refractivity contribution < 1.29 is 4.79 Å². The van der Waals surface area contributed by atoms with Crippen LogP contribution < -0.4 is 10.6 Å². The molecular formula is C13H27N3O. The number of carbonyl (C=O) groups excluding carboxylic acids is 1. The van der Waals surface area contributed by atoms with E-state index >= 15 is 0 Å². The van der Waals surface area contributed by atoms with E-state index in [0.29, 0.717) is 6.54 Å². The van der Waals surface area contributed by atoms with Crippen molar-refractivity contribution in [2.24, 2.45) is 5.92 Å². The SMILES string of the molecule is CC(C)CCCNC(=O)CN1CCCNCC1. The molecule has 1 amide bonds. The highest BCUT2D eigenvalue weighted by Crippen LogP contribution is 2.01. The molecule has 4 heteroatoms. The van der Waals surface area contributed by atoms with Crippen molar-refractivity contribution >= 4 is 5.91 Å². The van der Waals surface area contributed by atoms with E-state index in [1.165, 1.54) is 6.42 Å². The number of hydrogen-bond acceptors (Lipinski definition) is 3. The van der Waals surface area contributed by atoms with E-state index in [-0.39, 0.29) is 5.91 Å². The molecule has 0 aliphatic carbocycles. The summed E-state index contributed by atoms with van der Waals surface area (Å²) < 4.78 is 0. The Balaban J connectivity index is 2.07. The lowest BCUT2D eigenvalue weighted by Crippen LogP contribution is -2.39. The molecular weight excluding hydrogens is 214 g/mol. The summed E-state index contributed by atoms with van der Waals surface area (Å²) in [5.74, 6) is 0.902. The average Bonchev–Trinajstić information content (AvgIpc) is 2.53. The second kappa shape index (κ2) is 8.48. The van der Waals surface area contributed by atoms with E-state index in [9.17, 15) is 4.79 Å². The van der Waals surface area contributed by atoms with Gasteiger partial charge in [-0.1, -0.05) is 13.8 Å². The lowest BCUT2D eigenvalue weighted by atomic mass is 10.1. The molecule has 0 saturated carbocycles. The van der Waals surface area contributed by atoms with E-state index in [4.69, 9.17) is 0 Å². The summed E-state index contributed by atoms with van der Waals surface area (Å²) >= 11 is 0. The van der Waals surface area contributed by atoms with Gasteiger partial charge in [0.1, 0.15) is 0 Å². The Kier molecular flexibility index (Phi) is 7.21. The summed E-state index contributed by atoms with van der Waals surface area (Å²) in [6.45, 7) is 9.91. The van der Waals surface area contributed by atoms with Crippen molar-refractivity contribution in [1.82, 2.24) is 15.5 Å². The van der Waals surface area contributed by atoms with Crippen LogP contribution >= 0.6 is 0 Å². The normalized spacial score (nSPS) is 18.1. The van der Waals surface area contributed by atoms with Crippen LogP contribution in [0.1, 0.15) is 33.1 Å². The van der Waals surface area contributed by atoms with Crippen LogP contribution in [-0.4, -0.2) is 50.1 Å². The molecule has 4 nitrogen and oxygen atoms in total. The first kappa shape index (κ1) is 14.5. The first-order valence-electron chi connectivity index (χ1n) is 6.88. The number of rotatable bonds is 6. The van der Waals surface area contributed by atoms with Crippen LogP contribution in [0.3, 0.4) is 0 Å². The zero-order valence-corrected chi connectivity index (χ0v) is 11.3. The molecule has 0 atom stereocenters. The number of hydrogen-bond donors (Lipinski definition) is 2. The fraction of sp³-hybridized carbons (Fsp3) is 0.923. The van der Waals surface area contributed by atoms with Gasteiger partial charge in [-0.05, 0) is 38.3 Å². The monoisotopic (exact) mass is 241 g/mol. The van der Waals surface area contributed by atoms with Gasteiger partial charge < -0.3 is 10.6 Å². The maximum Gasteiger partial charge on any atom is 0.234 e. The van der Waals surface area contributed by atoms with Crippen molar-refractivity contribution in [3.05, 3.63) is 0 Å². The first-order chi connectivity index (χ1) is 8.18. The van der Waals surface area contributed by atoms with Crippen molar-refractivity contribution in [1.29, 1.82) is 0 Å². The molecule has 1 aliphatic heterocycles.